The molecule has 0 heterocycles. The van der Waals surface area contributed by atoms with Crippen LogP contribution in [0.1, 0.15) is 15.9 Å². The van der Waals surface area contributed by atoms with Crippen LogP contribution in [0.25, 0.3) is 0 Å². The minimum atomic E-state index is -0.547. The number of hydrogen-bond acceptors (Lipinski definition) is 3. The molecule has 0 unspecified atom stereocenters. The molecule has 0 aliphatic carbocycles. The molecule has 0 saturated heterocycles. The predicted octanol–water partition coefficient (Wildman–Crippen LogP) is 3.91. The number of amides is 1. The van der Waals surface area contributed by atoms with Crippen molar-refractivity contribution in [3.05, 3.63) is 56.5 Å². The van der Waals surface area contributed by atoms with Crippen LogP contribution in [0.3, 0.4) is 0 Å². The first kappa shape index (κ1) is 15.8. The van der Waals surface area contributed by atoms with Crippen LogP contribution in [0.4, 0.5) is 5.69 Å². The highest BCUT2D eigenvalue weighted by Gasteiger charge is 2.11. The lowest BCUT2D eigenvalue weighted by Crippen LogP contribution is -2.11. The fourth-order valence-electron chi connectivity index (χ4n) is 1.68. The van der Waals surface area contributed by atoms with Crippen LogP contribution in [0.2, 0.25) is 15.1 Å². The van der Waals surface area contributed by atoms with E-state index in [-0.39, 0.29) is 6.61 Å². The van der Waals surface area contributed by atoms with E-state index in [1.165, 1.54) is 6.07 Å². The van der Waals surface area contributed by atoms with E-state index in [4.69, 9.17) is 51.0 Å². The molecule has 110 valence electrons. The predicted molar refractivity (Wildman–Crippen MR) is 85.2 cm³/mol. The summed E-state index contributed by atoms with van der Waals surface area (Å²) in [6, 6.07) is 7.79. The number of carbonyl (C=O) groups excluding carboxylic acids is 1. The van der Waals surface area contributed by atoms with Crippen LogP contribution in [0, 0.1) is 0 Å². The van der Waals surface area contributed by atoms with Crippen molar-refractivity contribution < 1.29 is 9.53 Å². The van der Waals surface area contributed by atoms with Gasteiger partial charge in [-0.05, 0) is 24.3 Å². The quantitative estimate of drug-likeness (QED) is 0.825. The van der Waals surface area contributed by atoms with Crippen LogP contribution >= 0.6 is 34.8 Å². The van der Waals surface area contributed by atoms with Gasteiger partial charge in [0.25, 0.3) is 0 Å². The SMILES string of the molecule is NC(=O)c1ccc(COc2c(Cl)cc(N)cc2Cl)c(Cl)c1. The Morgan fingerprint density at radius 1 is 1.05 bits per heavy atom. The van der Waals surface area contributed by atoms with Gasteiger partial charge in [-0.1, -0.05) is 40.9 Å². The molecule has 0 aromatic heterocycles. The summed E-state index contributed by atoms with van der Waals surface area (Å²) in [7, 11) is 0. The Bertz CT molecular complexity index is 682. The Morgan fingerprint density at radius 2 is 1.67 bits per heavy atom. The highest BCUT2D eigenvalue weighted by atomic mass is 35.5. The molecule has 7 heteroatoms. The number of carbonyl (C=O) groups is 1. The zero-order chi connectivity index (χ0) is 15.6. The van der Waals surface area contributed by atoms with Crippen LogP contribution in [-0.4, -0.2) is 5.91 Å². The van der Waals surface area contributed by atoms with Crippen molar-refractivity contribution in [2.75, 3.05) is 5.73 Å². The minimum absolute atomic E-state index is 0.140. The number of anilines is 1. The third kappa shape index (κ3) is 3.73. The summed E-state index contributed by atoms with van der Waals surface area (Å²) in [6.07, 6.45) is 0. The molecule has 2 rings (SSSR count). The molecule has 4 nitrogen and oxygen atoms in total. The minimum Gasteiger partial charge on any atom is -0.486 e. The normalized spacial score (nSPS) is 10.4. The van der Waals surface area contributed by atoms with Gasteiger partial charge in [-0.25, -0.2) is 0 Å². The number of halogens is 3. The van der Waals surface area contributed by atoms with Crippen LogP contribution in [0.5, 0.6) is 5.75 Å². The standard InChI is InChI=1S/C14H11Cl3N2O2/c15-10-3-7(14(19)20)1-2-8(10)6-21-13-11(16)4-9(18)5-12(13)17/h1-5H,6,18H2,(H2,19,20). The molecule has 0 bridgehead atoms. The molecule has 0 saturated carbocycles. The number of ether oxygens (including phenoxy) is 1. The summed E-state index contributed by atoms with van der Waals surface area (Å²) in [5.74, 6) is -0.225. The van der Waals surface area contributed by atoms with Gasteiger partial charge in [-0.2, -0.15) is 0 Å². The zero-order valence-corrected chi connectivity index (χ0v) is 13.0. The topological polar surface area (TPSA) is 78.3 Å². The molecule has 0 fully saturated rings. The highest BCUT2D eigenvalue weighted by molar-refractivity contribution is 6.37. The van der Waals surface area contributed by atoms with Crippen LogP contribution in [0.15, 0.2) is 30.3 Å². The second-order valence-corrected chi connectivity index (χ2v) is 5.49. The maximum absolute atomic E-state index is 11.1. The van der Waals surface area contributed by atoms with Gasteiger partial charge in [0.05, 0.1) is 10.0 Å². The average molecular weight is 346 g/mol. The second-order valence-electron chi connectivity index (χ2n) is 4.27. The summed E-state index contributed by atoms with van der Waals surface area (Å²) in [4.78, 5) is 11.1. The molecule has 0 aliphatic rings. The lowest BCUT2D eigenvalue weighted by Gasteiger charge is -2.12. The van der Waals surface area contributed by atoms with E-state index >= 15 is 0 Å². The Kier molecular flexibility index (Phi) is 4.83. The first-order valence-electron chi connectivity index (χ1n) is 5.84. The van der Waals surface area contributed by atoms with Crippen molar-refractivity contribution in [3.63, 3.8) is 0 Å². The molecule has 21 heavy (non-hydrogen) atoms. The van der Waals surface area contributed by atoms with Gasteiger partial charge in [0.15, 0.2) is 5.75 Å². The van der Waals surface area contributed by atoms with Crippen molar-refractivity contribution >= 4 is 46.4 Å². The van der Waals surface area contributed by atoms with E-state index in [0.29, 0.717) is 37.6 Å². The number of nitrogen functional groups attached to an aromatic ring is 1. The Hall–Kier alpha value is -1.62. The summed E-state index contributed by atoms with van der Waals surface area (Å²) in [5.41, 5.74) is 12.2. The molecule has 0 aliphatic heterocycles. The van der Waals surface area contributed by atoms with Gasteiger partial charge in [0.1, 0.15) is 6.61 Å². The summed E-state index contributed by atoms with van der Waals surface area (Å²) in [6.45, 7) is 0.140. The fourth-order valence-corrected chi connectivity index (χ4v) is 2.53. The zero-order valence-electron chi connectivity index (χ0n) is 10.7. The molecule has 0 atom stereocenters. The number of nitrogens with two attached hydrogens (primary N) is 2. The molecule has 2 aromatic rings. The average Bonchev–Trinajstić information content (AvgIpc) is 2.38. The van der Waals surface area contributed by atoms with Gasteiger partial charge in [0.2, 0.25) is 5.91 Å². The van der Waals surface area contributed by atoms with Gasteiger partial charge in [0, 0.05) is 21.8 Å². The largest absolute Gasteiger partial charge is 0.486 e. The van der Waals surface area contributed by atoms with E-state index < -0.39 is 5.91 Å². The Labute approximate surface area is 136 Å². The molecule has 1 amide bonds. The second kappa shape index (κ2) is 6.43. The fraction of sp³-hybridized carbons (Fsp3) is 0.0714. The Morgan fingerprint density at radius 3 is 2.19 bits per heavy atom. The summed E-state index contributed by atoms with van der Waals surface area (Å²) < 4.78 is 5.57. The van der Waals surface area contributed by atoms with Crippen molar-refractivity contribution in [1.82, 2.24) is 0 Å². The van der Waals surface area contributed by atoms with E-state index in [1.807, 2.05) is 0 Å². The monoisotopic (exact) mass is 344 g/mol. The first-order chi connectivity index (χ1) is 9.88. The van der Waals surface area contributed by atoms with Crippen molar-refractivity contribution in [2.24, 2.45) is 5.73 Å². The van der Waals surface area contributed by atoms with Gasteiger partial charge in [-0.3, -0.25) is 4.79 Å². The number of primary amides is 1. The smallest absolute Gasteiger partial charge is 0.248 e. The van der Waals surface area contributed by atoms with Gasteiger partial charge < -0.3 is 16.2 Å². The van der Waals surface area contributed by atoms with Crippen molar-refractivity contribution in [3.8, 4) is 5.75 Å². The van der Waals surface area contributed by atoms with Gasteiger partial charge >= 0.3 is 0 Å². The molecule has 0 radical (unpaired) electrons. The van der Waals surface area contributed by atoms with Crippen molar-refractivity contribution in [1.29, 1.82) is 0 Å². The lowest BCUT2D eigenvalue weighted by molar-refractivity contribution is 0.1000. The van der Waals surface area contributed by atoms with E-state index in [0.717, 1.165) is 0 Å². The summed E-state index contributed by atoms with van der Waals surface area (Å²) in [5, 5.41) is 0.990. The Balaban J connectivity index is 2.19. The lowest BCUT2D eigenvalue weighted by atomic mass is 10.1. The van der Waals surface area contributed by atoms with E-state index in [9.17, 15) is 4.79 Å². The highest BCUT2D eigenvalue weighted by Crippen LogP contribution is 2.36. The molecular weight excluding hydrogens is 335 g/mol. The number of benzene rings is 2. The molecule has 2 aromatic carbocycles. The van der Waals surface area contributed by atoms with E-state index in [1.54, 1.807) is 24.3 Å². The maximum Gasteiger partial charge on any atom is 0.248 e. The maximum atomic E-state index is 11.1. The van der Waals surface area contributed by atoms with Crippen LogP contribution < -0.4 is 16.2 Å². The third-order valence-electron chi connectivity index (χ3n) is 2.73. The molecule has 4 N–H and O–H groups in total. The first-order valence-corrected chi connectivity index (χ1v) is 6.97. The van der Waals surface area contributed by atoms with Crippen LogP contribution in [-0.2, 0) is 6.61 Å². The van der Waals surface area contributed by atoms with Crippen molar-refractivity contribution in [2.45, 2.75) is 6.61 Å². The number of hydrogen-bond donors (Lipinski definition) is 2. The third-order valence-corrected chi connectivity index (χ3v) is 3.64. The molecular formula is C14H11Cl3N2O2. The molecule has 0 spiro atoms. The number of rotatable bonds is 4. The summed E-state index contributed by atoms with van der Waals surface area (Å²) >= 11 is 18.1. The van der Waals surface area contributed by atoms with E-state index in [2.05, 4.69) is 0 Å². The van der Waals surface area contributed by atoms with Gasteiger partial charge in [-0.15, -0.1) is 0 Å².